The molecule has 0 aromatic carbocycles. The molecule has 28 heavy (non-hydrogen) atoms. The van der Waals surface area contributed by atoms with E-state index in [1.807, 2.05) is 24.4 Å². The number of likely N-dealkylation sites (tertiary alicyclic amines) is 1. The second-order valence-corrected chi connectivity index (χ2v) is 7.54. The Bertz CT molecular complexity index is 1030. The molecule has 1 saturated heterocycles. The number of aryl methyl sites for hydroxylation is 1. The van der Waals surface area contributed by atoms with Crippen molar-refractivity contribution in [3.8, 4) is 0 Å². The van der Waals surface area contributed by atoms with Crippen LogP contribution in [0.15, 0.2) is 41.5 Å². The van der Waals surface area contributed by atoms with Crippen LogP contribution in [-0.4, -0.2) is 45.5 Å². The number of nitrogens with zero attached hydrogens (tertiary/aromatic N) is 3. The molecule has 1 fully saturated rings. The monoisotopic (exact) mass is 377 g/mol. The predicted molar refractivity (Wildman–Crippen MR) is 113 cm³/mol. The molecule has 0 aliphatic carbocycles. The number of H-pyrrole nitrogens is 1. The number of pyridine rings is 3. The third-order valence-electron chi connectivity index (χ3n) is 5.55. The van der Waals surface area contributed by atoms with Crippen LogP contribution in [0.2, 0.25) is 0 Å². The van der Waals surface area contributed by atoms with Crippen LogP contribution in [-0.2, 0) is 6.42 Å². The van der Waals surface area contributed by atoms with Gasteiger partial charge in [-0.05, 0) is 68.1 Å². The number of aromatic nitrogens is 3. The van der Waals surface area contributed by atoms with E-state index in [-0.39, 0.29) is 5.56 Å². The van der Waals surface area contributed by atoms with E-state index in [2.05, 4.69) is 40.1 Å². The van der Waals surface area contributed by atoms with E-state index in [9.17, 15) is 4.79 Å². The molecule has 6 heteroatoms. The van der Waals surface area contributed by atoms with E-state index in [1.54, 1.807) is 6.20 Å². The smallest absolute Gasteiger partial charge is 0.259 e. The minimum absolute atomic E-state index is 0.105. The molecule has 146 valence electrons. The van der Waals surface area contributed by atoms with Gasteiger partial charge in [0.15, 0.2) is 0 Å². The maximum atomic E-state index is 12.5. The highest BCUT2D eigenvalue weighted by atomic mass is 16.1. The molecule has 6 nitrogen and oxygen atoms in total. The molecule has 3 aromatic rings. The highest BCUT2D eigenvalue weighted by Crippen LogP contribution is 2.22. The molecule has 2 N–H and O–H groups in total. The second kappa shape index (κ2) is 8.10. The Morgan fingerprint density at radius 1 is 1.29 bits per heavy atom. The van der Waals surface area contributed by atoms with Gasteiger partial charge in [0, 0.05) is 42.8 Å². The number of likely N-dealkylation sites (N-methyl/N-ethyl adjacent to an activating group) is 1. The summed E-state index contributed by atoms with van der Waals surface area (Å²) >= 11 is 0. The van der Waals surface area contributed by atoms with Gasteiger partial charge in [-0.3, -0.25) is 14.7 Å². The summed E-state index contributed by atoms with van der Waals surface area (Å²) in [7, 11) is 0. The summed E-state index contributed by atoms with van der Waals surface area (Å²) in [5.41, 5.74) is 2.97. The molecule has 1 aliphatic rings. The van der Waals surface area contributed by atoms with Crippen molar-refractivity contribution >= 4 is 16.6 Å². The van der Waals surface area contributed by atoms with Crippen LogP contribution in [0.3, 0.4) is 0 Å². The fraction of sp³-hybridized carbons (Fsp3) is 0.409. The van der Waals surface area contributed by atoms with Gasteiger partial charge in [0.1, 0.15) is 5.82 Å². The maximum absolute atomic E-state index is 12.5. The Kier molecular flexibility index (Phi) is 5.39. The molecule has 0 unspecified atom stereocenters. The molecule has 4 heterocycles. The third-order valence-corrected chi connectivity index (χ3v) is 5.55. The van der Waals surface area contributed by atoms with Crippen LogP contribution in [0.1, 0.15) is 36.7 Å². The summed E-state index contributed by atoms with van der Waals surface area (Å²) in [5.74, 6) is 0.671. The lowest BCUT2D eigenvalue weighted by atomic mass is 10.1. The van der Waals surface area contributed by atoms with Crippen LogP contribution >= 0.6 is 0 Å². The van der Waals surface area contributed by atoms with Crippen molar-refractivity contribution in [2.75, 3.05) is 25.0 Å². The summed E-state index contributed by atoms with van der Waals surface area (Å²) in [6, 6.07) is 8.49. The molecule has 1 aliphatic heterocycles. The number of nitrogens with one attached hydrogen (secondary N) is 2. The fourth-order valence-corrected chi connectivity index (χ4v) is 4.13. The minimum atomic E-state index is -0.105. The normalized spacial score (nSPS) is 17.3. The van der Waals surface area contributed by atoms with Crippen LogP contribution in [0, 0.1) is 6.92 Å². The highest BCUT2D eigenvalue weighted by Gasteiger charge is 2.23. The Labute approximate surface area is 165 Å². The van der Waals surface area contributed by atoms with Crippen LogP contribution < -0.4 is 10.9 Å². The summed E-state index contributed by atoms with van der Waals surface area (Å²) in [4.78, 5) is 27.0. The maximum Gasteiger partial charge on any atom is 0.259 e. The van der Waals surface area contributed by atoms with Gasteiger partial charge in [-0.25, -0.2) is 4.98 Å². The highest BCUT2D eigenvalue weighted by molar-refractivity contribution is 5.91. The van der Waals surface area contributed by atoms with E-state index < -0.39 is 0 Å². The van der Waals surface area contributed by atoms with Crippen molar-refractivity contribution < 1.29 is 0 Å². The van der Waals surface area contributed by atoms with Crippen LogP contribution in [0.5, 0.6) is 0 Å². The number of rotatable bonds is 6. The van der Waals surface area contributed by atoms with Gasteiger partial charge in [-0.15, -0.1) is 0 Å². The first-order chi connectivity index (χ1) is 13.6. The molecule has 0 saturated carbocycles. The Hall–Kier alpha value is -2.73. The van der Waals surface area contributed by atoms with Gasteiger partial charge in [0.2, 0.25) is 0 Å². The summed E-state index contributed by atoms with van der Waals surface area (Å²) < 4.78 is 0. The zero-order chi connectivity index (χ0) is 19.5. The molecule has 0 bridgehead atoms. The third kappa shape index (κ3) is 3.92. The molecule has 0 amide bonds. The lowest BCUT2D eigenvalue weighted by molar-refractivity contribution is 0.277. The minimum Gasteiger partial charge on any atom is -0.368 e. The second-order valence-electron chi connectivity index (χ2n) is 7.54. The number of fused-ring (bicyclic) bond motifs is 1. The van der Waals surface area contributed by atoms with Crippen molar-refractivity contribution in [3.63, 3.8) is 0 Å². The van der Waals surface area contributed by atoms with Crippen molar-refractivity contribution in [1.82, 2.24) is 19.9 Å². The summed E-state index contributed by atoms with van der Waals surface area (Å²) in [6.07, 6.45) is 6.58. The zero-order valence-electron chi connectivity index (χ0n) is 16.5. The lowest BCUT2D eigenvalue weighted by Gasteiger charge is -2.23. The van der Waals surface area contributed by atoms with Gasteiger partial charge in [-0.2, -0.15) is 0 Å². The average Bonchev–Trinajstić information content (AvgIpc) is 3.14. The summed E-state index contributed by atoms with van der Waals surface area (Å²) in [5, 5.41) is 5.01. The largest absolute Gasteiger partial charge is 0.368 e. The predicted octanol–water partition coefficient (Wildman–Crippen LogP) is 3.11. The molecule has 3 aromatic heterocycles. The van der Waals surface area contributed by atoms with Gasteiger partial charge in [0.25, 0.3) is 5.56 Å². The van der Waals surface area contributed by atoms with E-state index >= 15 is 0 Å². The first-order valence-corrected chi connectivity index (χ1v) is 10.0. The quantitative estimate of drug-likeness (QED) is 0.690. The van der Waals surface area contributed by atoms with Crippen molar-refractivity contribution in [2.24, 2.45) is 0 Å². The summed E-state index contributed by atoms with van der Waals surface area (Å²) in [6.45, 7) is 7.27. The fourth-order valence-electron chi connectivity index (χ4n) is 4.13. The van der Waals surface area contributed by atoms with E-state index in [4.69, 9.17) is 4.98 Å². The van der Waals surface area contributed by atoms with Crippen molar-refractivity contribution in [2.45, 2.75) is 39.2 Å². The molecular formula is C22H27N5O. The Morgan fingerprint density at radius 3 is 3.00 bits per heavy atom. The topological polar surface area (TPSA) is 73.9 Å². The van der Waals surface area contributed by atoms with E-state index in [1.165, 1.54) is 18.4 Å². The van der Waals surface area contributed by atoms with Gasteiger partial charge in [0.05, 0.1) is 5.39 Å². The SMILES string of the molecule is CCN1CCC[C@H]1CNc1nc(Cc2cc(C)ccn2)cc2cc[nH]c(=O)c12. The van der Waals surface area contributed by atoms with Crippen molar-refractivity contribution in [3.05, 3.63) is 64.0 Å². The van der Waals surface area contributed by atoms with Gasteiger partial charge >= 0.3 is 0 Å². The average molecular weight is 377 g/mol. The number of anilines is 1. The van der Waals surface area contributed by atoms with E-state index in [0.29, 0.717) is 23.7 Å². The van der Waals surface area contributed by atoms with Crippen LogP contribution in [0.25, 0.3) is 10.8 Å². The molecule has 1 atom stereocenters. The molecule has 0 radical (unpaired) electrons. The molecule has 4 rings (SSSR count). The van der Waals surface area contributed by atoms with E-state index in [0.717, 1.165) is 36.4 Å². The van der Waals surface area contributed by atoms with Crippen molar-refractivity contribution in [1.29, 1.82) is 0 Å². The first kappa shape index (κ1) is 18.6. The molecule has 0 spiro atoms. The lowest BCUT2D eigenvalue weighted by Crippen LogP contribution is -2.35. The first-order valence-electron chi connectivity index (χ1n) is 10.0. The Morgan fingerprint density at radius 2 is 2.18 bits per heavy atom. The number of hydrogen-bond acceptors (Lipinski definition) is 5. The van der Waals surface area contributed by atoms with Gasteiger partial charge in [-0.1, -0.05) is 6.92 Å². The molecular weight excluding hydrogens is 350 g/mol. The Balaban J connectivity index is 1.66. The standard InChI is InChI=1S/C22H27N5O/c1-3-27-10-4-5-19(27)14-25-21-20-16(7-9-24-22(20)28)12-18(26-21)13-17-11-15(2)6-8-23-17/h6-9,11-12,19H,3-5,10,13-14H2,1-2H3,(H,24,28)(H,25,26)/t19-/m0/s1. The van der Waals surface area contributed by atoms with Gasteiger partial charge < -0.3 is 10.3 Å². The number of hydrogen-bond donors (Lipinski definition) is 2. The van der Waals surface area contributed by atoms with Crippen LogP contribution in [0.4, 0.5) is 5.82 Å². The zero-order valence-corrected chi connectivity index (χ0v) is 16.5. The number of aromatic amines is 1.